The first-order chi connectivity index (χ1) is 27.7. The molecule has 8 aromatic carbocycles. The summed E-state index contributed by atoms with van der Waals surface area (Å²) in [5.74, 6) is 1.67. The van der Waals surface area contributed by atoms with E-state index in [0.29, 0.717) is 23.0 Å². The van der Waals surface area contributed by atoms with Crippen molar-refractivity contribution in [3.8, 4) is 62.5 Å². The first kappa shape index (κ1) is 31.6. The highest BCUT2D eigenvalue weighted by atomic mass is 16.3. The predicted octanol–water partition coefficient (Wildman–Crippen LogP) is 13.0. The van der Waals surface area contributed by atoms with E-state index < -0.39 is 0 Å². The van der Waals surface area contributed by atoms with Crippen molar-refractivity contribution in [2.24, 2.45) is 0 Å². The minimum Gasteiger partial charge on any atom is -0.456 e. The Bertz CT molecular complexity index is 3410. The highest BCUT2D eigenvalue weighted by molar-refractivity contribution is 6.12. The maximum absolute atomic E-state index is 9.58. The standard InChI is InChI=1S/C50H28N4O2/c51-29-30-10-7-11-31(26-30)35-23-24-36(38-15-2-1-14-37(35)38)32-12-8-13-33(27-32)48-52-49(34-22-25-45-42(28-34)39-16-3-5-19-43(39)55-45)54-50(53-48)41-18-9-21-46-47(41)40-17-4-6-20-44(40)56-46/h1-28H. The average Bonchev–Trinajstić information content (AvgIpc) is 3.84. The van der Waals surface area contributed by atoms with Crippen LogP contribution in [0.5, 0.6) is 0 Å². The monoisotopic (exact) mass is 716 g/mol. The summed E-state index contributed by atoms with van der Waals surface area (Å²) < 4.78 is 12.4. The third-order valence-corrected chi connectivity index (χ3v) is 10.6. The zero-order valence-corrected chi connectivity index (χ0v) is 29.8. The molecule has 3 heterocycles. The Hall–Kier alpha value is -7.88. The highest BCUT2D eigenvalue weighted by Gasteiger charge is 2.19. The number of fused-ring (bicyclic) bond motifs is 7. The zero-order valence-electron chi connectivity index (χ0n) is 29.8. The van der Waals surface area contributed by atoms with E-state index in [-0.39, 0.29) is 0 Å². The van der Waals surface area contributed by atoms with Gasteiger partial charge in [-0.05, 0) is 87.6 Å². The van der Waals surface area contributed by atoms with E-state index in [1.807, 2.05) is 78.9 Å². The van der Waals surface area contributed by atoms with Gasteiger partial charge in [0.25, 0.3) is 0 Å². The fraction of sp³-hybridized carbons (Fsp3) is 0. The lowest BCUT2D eigenvalue weighted by molar-refractivity contribution is 0.668. The molecule has 0 aliphatic heterocycles. The second-order valence-corrected chi connectivity index (χ2v) is 13.9. The lowest BCUT2D eigenvalue weighted by Crippen LogP contribution is -2.00. The normalized spacial score (nSPS) is 11.6. The smallest absolute Gasteiger partial charge is 0.164 e. The minimum atomic E-state index is 0.555. The second kappa shape index (κ2) is 12.6. The van der Waals surface area contributed by atoms with Crippen molar-refractivity contribution in [3.05, 3.63) is 175 Å². The van der Waals surface area contributed by atoms with Gasteiger partial charge < -0.3 is 8.83 Å². The van der Waals surface area contributed by atoms with Gasteiger partial charge in [0.2, 0.25) is 0 Å². The number of nitriles is 1. The molecule has 0 spiro atoms. The van der Waals surface area contributed by atoms with Gasteiger partial charge in [0.1, 0.15) is 22.3 Å². The summed E-state index contributed by atoms with van der Waals surface area (Å²) in [6.45, 7) is 0. The highest BCUT2D eigenvalue weighted by Crippen LogP contribution is 2.40. The van der Waals surface area contributed by atoms with Crippen LogP contribution in [0.4, 0.5) is 0 Å². The van der Waals surface area contributed by atoms with Gasteiger partial charge >= 0.3 is 0 Å². The van der Waals surface area contributed by atoms with Gasteiger partial charge in [0, 0.05) is 38.2 Å². The minimum absolute atomic E-state index is 0.555. The molecule has 3 aromatic heterocycles. The molecule has 11 aromatic rings. The summed E-state index contributed by atoms with van der Waals surface area (Å²) in [6.07, 6.45) is 0. The maximum atomic E-state index is 9.58. The molecule has 0 fully saturated rings. The molecule has 0 unspecified atom stereocenters. The van der Waals surface area contributed by atoms with Crippen molar-refractivity contribution >= 4 is 54.6 Å². The lowest BCUT2D eigenvalue weighted by atomic mass is 9.91. The first-order valence-corrected chi connectivity index (χ1v) is 18.4. The van der Waals surface area contributed by atoms with Crippen LogP contribution in [0.25, 0.3) is 111 Å². The predicted molar refractivity (Wildman–Crippen MR) is 224 cm³/mol. The third kappa shape index (κ3) is 5.14. The Kier molecular flexibility index (Phi) is 7.13. The number of hydrogen-bond acceptors (Lipinski definition) is 6. The van der Waals surface area contributed by atoms with Crippen LogP contribution in [0.15, 0.2) is 179 Å². The summed E-state index contributed by atoms with van der Waals surface area (Å²) in [5, 5.41) is 15.8. The van der Waals surface area contributed by atoms with Crippen molar-refractivity contribution in [1.29, 1.82) is 5.26 Å². The second-order valence-electron chi connectivity index (χ2n) is 13.9. The van der Waals surface area contributed by atoms with E-state index in [1.165, 1.54) is 0 Å². The van der Waals surface area contributed by atoms with Crippen molar-refractivity contribution in [2.45, 2.75) is 0 Å². The Morgan fingerprint density at radius 3 is 1.64 bits per heavy atom. The van der Waals surface area contributed by atoms with Crippen LogP contribution in [-0.2, 0) is 0 Å². The van der Waals surface area contributed by atoms with Gasteiger partial charge in [-0.3, -0.25) is 0 Å². The van der Waals surface area contributed by atoms with Crippen molar-refractivity contribution in [1.82, 2.24) is 15.0 Å². The number of nitrogens with zero attached hydrogens (tertiary/aromatic N) is 4. The number of aromatic nitrogens is 3. The largest absolute Gasteiger partial charge is 0.456 e. The molecule has 0 bridgehead atoms. The van der Waals surface area contributed by atoms with Crippen molar-refractivity contribution in [3.63, 3.8) is 0 Å². The number of benzene rings is 8. The van der Waals surface area contributed by atoms with E-state index in [2.05, 4.69) is 97.1 Å². The molecule has 0 saturated carbocycles. The molecule has 0 aliphatic rings. The fourth-order valence-corrected chi connectivity index (χ4v) is 7.97. The van der Waals surface area contributed by atoms with Crippen LogP contribution in [0.2, 0.25) is 0 Å². The van der Waals surface area contributed by atoms with Gasteiger partial charge in [-0.1, -0.05) is 115 Å². The SMILES string of the molecule is N#Cc1cccc(-c2ccc(-c3cccc(-c4nc(-c5ccc6oc7ccccc7c6c5)nc(-c5cccc6oc7ccccc7c56)n4)c3)c3ccccc23)c1. The molecule has 260 valence electrons. The molecule has 0 atom stereocenters. The molecular weight excluding hydrogens is 689 g/mol. The molecule has 0 aliphatic carbocycles. The quantitative estimate of drug-likeness (QED) is 0.176. The van der Waals surface area contributed by atoms with Crippen LogP contribution in [0, 0.1) is 11.3 Å². The van der Waals surface area contributed by atoms with E-state index in [9.17, 15) is 5.26 Å². The van der Waals surface area contributed by atoms with Gasteiger partial charge in [-0.2, -0.15) is 5.26 Å². The van der Waals surface area contributed by atoms with Crippen molar-refractivity contribution in [2.75, 3.05) is 0 Å². The van der Waals surface area contributed by atoms with Crippen LogP contribution in [0.1, 0.15) is 5.56 Å². The fourth-order valence-electron chi connectivity index (χ4n) is 7.97. The number of hydrogen-bond donors (Lipinski definition) is 0. The number of furan rings is 2. The van der Waals surface area contributed by atoms with Crippen molar-refractivity contribution < 1.29 is 8.83 Å². The van der Waals surface area contributed by atoms with Gasteiger partial charge in [-0.25, -0.2) is 15.0 Å². The van der Waals surface area contributed by atoms with E-state index >= 15 is 0 Å². The van der Waals surface area contributed by atoms with Crippen LogP contribution < -0.4 is 0 Å². The van der Waals surface area contributed by atoms with E-state index in [1.54, 1.807) is 0 Å². The summed E-state index contributed by atoms with van der Waals surface area (Å²) in [4.78, 5) is 15.5. The molecule has 0 radical (unpaired) electrons. The maximum Gasteiger partial charge on any atom is 0.164 e. The molecular formula is C50H28N4O2. The molecule has 11 rings (SSSR count). The average molecular weight is 717 g/mol. The Morgan fingerprint density at radius 1 is 0.357 bits per heavy atom. The van der Waals surface area contributed by atoms with Gasteiger partial charge in [-0.15, -0.1) is 0 Å². The number of para-hydroxylation sites is 2. The van der Waals surface area contributed by atoms with E-state index in [0.717, 1.165) is 93.6 Å². The van der Waals surface area contributed by atoms with E-state index in [4.69, 9.17) is 23.8 Å². The summed E-state index contributed by atoms with van der Waals surface area (Å²) in [5.41, 5.74) is 10.7. The van der Waals surface area contributed by atoms with Gasteiger partial charge in [0.15, 0.2) is 17.5 Å². The summed E-state index contributed by atoms with van der Waals surface area (Å²) in [7, 11) is 0. The van der Waals surface area contributed by atoms with Gasteiger partial charge in [0.05, 0.1) is 11.6 Å². The Balaban J connectivity index is 1.11. The molecule has 6 nitrogen and oxygen atoms in total. The summed E-state index contributed by atoms with van der Waals surface area (Å²) in [6, 6.07) is 59.4. The number of rotatable bonds is 5. The molecule has 0 amide bonds. The Morgan fingerprint density at radius 2 is 0.893 bits per heavy atom. The topological polar surface area (TPSA) is 88.7 Å². The molecule has 56 heavy (non-hydrogen) atoms. The van der Waals surface area contributed by atoms with Crippen LogP contribution >= 0.6 is 0 Å². The Labute approximate surface area is 320 Å². The first-order valence-electron chi connectivity index (χ1n) is 18.4. The molecule has 0 saturated heterocycles. The summed E-state index contributed by atoms with van der Waals surface area (Å²) >= 11 is 0. The lowest BCUT2D eigenvalue weighted by Gasteiger charge is -2.14. The zero-order chi connectivity index (χ0) is 37.2. The molecule has 6 heteroatoms. The molecule has 0 N–H and O–H groups in total. The van der Waals surface area contributed by atoms with Crippen LogP contribution in [0.3, 0.4) is 0 Å². The van der Waals surface area contributed by atoms with Crippen LogP contribution in [-0.4, -0.2) is 15.0 Å². The third-order valence-electron chi connectivity index (χ3n) is 10.6.